The number of likely N-dealkylation sites (tertiary alicyclic amines) is 1. The number of hydrogen-bond donors (Lipinski definition) is 0. The van der Waals surface area contributed by atoms with Gasteiger partial charge >= 0.3 is 0 Å². The van der Waals surface area contributed by atoms with E-state index in [0.29, 0.717) is 22.4 Å². The molecule has 1 amide bonds. The van der Waals surface area contributed by atoms with Gasteiger partial charge in [-0.05, 0) is 52.4 Å². The van der Waals surface area contributed by atoms with Gasteiger partial charge in [-0.3, -0.25) is 4.79 Å². The summed E-state index contributed by atoms with van der Waals surface area (Å²) in [5, 5.41) is 0.638. The van der Waals surface area contributed by atoms with E-state index in [2.05, 4.69) is 29.8 Å². The van der Waals surface area contributed by atoms with Crippen molar-refractivity contribution >= 4 is 33.4 Å². The van der Waals surface area contributed by atoms with Gasteiger partial charge in [-0.2, -0.15) is 0 Å². The molecule has 2 rings (SSSR count). The van der Waals surface area contributed by atoms with Crippen molar-refractivity contribution in [2.45, 2.75) is 20.3 Å². The summed E-state index contributed by atoms with van der Waals surface area (Å²) in [7, 11) is 0. The SMILES string of the molecule is CC1CC(C)CN(C(=O)c2ccc(Cl)cc2Br)C1. The lowest BCUT2D eigenvalue weighted by atomic mass is 9.91. The maximum atomic E-state index is 12.5. The molecule has 1 aromatic rings. The average molecular weight is 331 g/mol. The van der Waals surface area contributed by atoms with E-state index in [0.717, 1.165) is 17.6 Å². The van der Waals surface area contributed by atoms with E-state index >= 15 is 0 Å². The van der Waals surface area contributed by atoms with Crippen LogP contribution in [0.2, 0.25) is 5.02 Å². The molecule has 2 atom stereocenters. The first-order valence-electron chi connectivity index (χ1n) is 6.21. The molecule has 98 valence electrons. The summed E-state index contributed by atoms with van der Waals surface area (Å²) >= 11 is 9.31. The second-order valence-electron chi connectivity index (χ2n) is 5.28. The van der Waals surface area contributed by atoms with Gasteiger partial charge < -0.3 is 4.90 Å². The summed E-state index contributed by atoms with van der Waals surface area (Å²) in [5.41, 5.74) is 0.695. The van der Waals surface area contributed by atoms with Gasteiger partial charge in [0.25, 0.3) is 5.91 Å². The van der Waals surface area contributed by atoms with Crippen molar-refractivity contribution in [1.29, 1.82) is 0 Å². The van der Waals surface area contributed by atoms with Crippen molar-refractivity contribution in [3.63, 3.8) is 0 Å². The Labute approximate surface area is 121 Å². The minimum Gasteiger partial charge on any atom is -0.338 e. The van der Waals surface area contributed by atoms with Gasteiger partial charge in [0.1, 0.15) is 0 Å². The van der Waals surface area contributed by atoms with E-state index in [4.69, 9.17) is 11.6 Å². The molecule has 0 saturated carbocycles. The Balaban J connectivity index is 2.20. The smallest absolute Gasteiger partial charge is 0.255 e. The maximum Gasteiger partial charge on any atom is 0.255 e. The van der Waals surface area contributed by atoms with E-state index in [9.17, 15) is 4.79 Å². The average Bonchev–Trinajstić information content (AvgIpc) is 2.26. The summed E-state index contributed by atoms with van der Waals surface area (Å²) in [6.45, 7) is 6.09. The molecule has 0 aromatic heterocycles. The highest BCUT2D eigenvalue weighted by Crippen LogP contribution is 2.26. The fourth-order valence-corrected chi connectivity index (χ4v) is 3.51. The minimum absolute atomic E-state index is 0.0944. The summed E-state index contributed by atoms with van der Waals surface area (Å²) in [4.78, 5) is 14.4. The molecule has 1 aliphatic heterocycles. The van der Waals surface area contributed by atoms with Crippen molar-refractivity contribution in [2.75, 3.05) is 13.1 Å². The lowest BCUT2D eigenvalue weighted by Crippen LogP contribution is -2.42. The summed E-state index contributed by atoms with van der Waals surface area (Å²) in [6.07, 6.45) is 1.20. The highest BCUT2D eigenvalue weighted by Gasteiger charge is 2.26. The number of amides is 1. The highest BCUT2D eigenvalue weighted by atomic mass is 79.9. The van der Waals surface area contributed by atoms with E-state index in [1.54, 1.807) is 18.2 Å². The zero-order valence-electron chi connectivity index (χ0n) is 10.6. The number of hydrogen-bond acceptors (Lipinski definition) is 1. The van der Waals surface area contributed by atoms with Crippen molar-refractivity contribution < 1.29 is 4.79 Å². The van der Waals surface area contributed by atoms with Gasteiger partial charge in [0.05, 0.1) is 5.56 Å². The third-order valence-corrected chi connectivity index (χ3v) is 4.21. The second kappa shape index (κ2) is 5.62. The lowest BCUT2D eigenvalue weighted by molar-refractivity contribution is 0.0622. The first-order valence-corrected chi connectivity index (χ1v) is 7.38. The molecule has 2 unspecified atom stereocenters. The molecule has 2 nitrogen and oxygen atoms in total. The van der Waals surface area contributed by atoms with Crippen LogP contribution >= 0.6 is 27.5 Å². The number of benzene rings is 1. The first kappa shape index (κ1) is 13.9. The third-order valence-electron chi connectivity index (χ3n) is 3.32. The van der Waals surface area contributed by atoms with Crippen LogP contribution in [0.5, 0.6) is 0 Å². The van der Waals surface area contributed by atoms with Crippen molar-refractivity contribution in [1.82, 2.24) is 4.90 Å². The Hall–Kier alpha value is -0.540. The van der Waals surface area contributed by atoms with Crippen LogP contribution in [0.25, 0.3) is 0 Å². The van der Waals surface area contributed by atoms with Gasteiger partial charge in [-0.15, -0.1) is 0 Å². The number of piperidine rings is 1. The summed E-state index contributed by atoms with van der Waals surface area (Å²) < 4.78 is 0.769. The predicted molar refractivity (Wildman–Crippen MR) is 78.0 cm³/mol. The first-order chi connectivity index (χ1) is 8.47. The Morgan fingerprint density at radius 1 is 1.33 bits per heavy atom. The lowest BCUT2D eigenvalue weighted by Gasteiger charge is -2.35. The minimum atomic E-state index is 0.0944. The van der Waals surface area contributed by atoms with Gasteiger partial charge in [0.15, 0.2) is 0 Å². The number of carbonyl (C=O) groups excluding carboxylic acids is 1. The van der Waals surface area contributed by atoms with Crippen molar-refractivity contribution in [3.8, 4) is 0 Å². The quantitative estimate of drug-likeness (QED) is 0.755. The zero-order valence-corrected chi connectivity index (χ0v) is 13.0. The topological polar surface area (TPSA) is 20.3 Å². The maximum absolute atomic E-state index is 12.5. The summed E-state index contributed by atoms with van der Waals surface area (Å²) in [6, 6.07) is 5.32. The summed E-state index contributed by atoms with van der Waals surface area (Å²) in [5.74, 6) is 1.24. The molecular formula is C14H17BrClNO. The fourth-order valence-electron chi connectivity index (χ4n) is 2.66. The van der Waals surface area contributed by atoms with Crippen LogP contribution in [0.15, 0.2) is 22.7 Å². The fraction of sp³-hybridized carbons (Fsp3) is 0.500. The molecule has 0 aliphatic carbocycles. The predicted octanol–water partition coefficient (Wildman–Crippen LogP) is 4.22. The Kier molecular flexibility index (Phi) is 4.33. The molecule has 4 heteroatoms. The van der Waals surface area contributed by atoms with Crippen LogP contribution in [-0.4, -0.2) is 23.9 Å². The van der Waals surface area contributed by atoms with E-state index in [-0.39, 0.29) is 5.91 Å². The van der Waals surface area contributed by atoms with Crippen LogP contribution in [0, 0.1) is 11.8 Å². The highest BCUT2D eigenvalue weighted by molar-refractivity contribution is 9.10. The van der Waals surface area contributed by atoms with Gasteiger partial charge in [-0.25, -0.2) is 0 Å². The standard InChI is InChI=1S/C14H17BrClNO/c1-9-5-10(2)8-17(7-9)14(18)12-4-3-11(16)6-13(12)15/h3-4,6,9-10H,5,7-8H2,1-2H3. The molecule has 0 radical (unpaired) electrons. The zero-order chi connectivity index (χ0) is 13.3. The van der Waals surface area contributed by atoms with E-state index in [1.807, 2.05) is 4.90 Å². The van der Waals surface area contributed by atoms with Crippen LogP contribution in [0.1, 0.15) is 30.6 Å². The van der Waals surface area contributed by atoms with Gasteiger partial charge in [0, 0.05) is 22.6 Å². The monoisotopic (exact) mass is 329 g/mol. The van der Waals surface area contributed by atoms with Gasteiger partial charge in [0.2, 0.25) is 0 Å². The molecule has 0 N–H and O–H groups in total. The molecular weight excluding hydrogens is 314 g/mol. The van der Waals surface area contributed by atoms with Crippen molar-refractivity contribution in [2.24, 2.45) is 11.8 Å². The molecule has 1 heterocycles. The Bertz CT molecular complexity index is 453. The second-order valence-corrected chi connectivity index (χ2v) is 6.57. The molecule has 1 saturated heterocycles. The molecule has 1 aliphatic rings. The number of halogens is 2. The Morgan fingerprint density at radius 2 is 1.94 bits per heavy atom. The van der Waals surface area contributed by atoms with E-state index < -0.39 is 0 Å². The van der Waals surface area contributed by atoms with Gasteiger partial charge in [-0.1, -0.05) is 25.4 Å². The normalized spacial score (nSPS) is 24.1. The number of rotatable bonds is 1. The molecule has 0 spiro atoms. The number of nitrogens with zero attached hydrogens (tertiary/aromatic N) is 1. The largest absolute Gasteiger partial charge is 0.338 e. The van der Waals surface area contributed by atoms with Crippen molar-refractivity contribution in [3.05, 3.63) is 33.3 Å². The van der Waals surface area contributed by atoms with Crippen LogP contribution in [0.3, 0.4) is 0 Å². The van der Waals surface area contributed by atoms with E-state index in [1.165, 1.54) is 6.42 Å². The number of carbonyl (C=O) groups is 1. The molecule has 0 bridgehead atoms. The molecule has 18 heavy (non-hydrogen) atoms. The van der Waals surface area contributed by atoms with Crippen LogP contribution in [-0.2, 0) is 0 Å². The van der Waals surface area contributed by atoms with Crippen LogP contribution in [0.4, 0.5) is 0 Å². The molecule has 1 fully saturated rings. The Morgan fingerprint density at radius 3 is 2.50 bits per heavy atom. The molecule has 1 aromatic carbocycles. The third kappa shape index (κ3) is 3.07. The van der Waals surface area contributed by atoms with Crippen LogP contribution < -0.4 is 0 Å².